The number of aliphatic imine (C=N–C) groups is 1. The minimum atomic E-state index is -0.629. The fourth-order valence-corrected chi connectivity index (χ4v) is 2.80. The van der Waals surface area contributed by atoms with Crippen molar-refractivity contribution in [2.45, 2.75) is 6.10 Å². The molecule has 1 aromatic heterocycles. The van der Waals surface area contributed by atoms with Crippen LogP contribution in [0.25, 0.3) is 0 Å². The van der Waals surface area contributed by atoms with Gasteiger partial charge in [0.2, 0.25) is 0 Å². The number of amidine groups is 1. The van der Waals surface area contributed by atoms with Gasteiger partial charge < -0.3 is 10.8 Å². The Labute approximate surface area is 96.9 Å². The van der Waals surface area contributed by atoms with Crippen molar-refractivity contribution >= 4 is 22.9 Å². The van der Waals surface area contributed by atoms with Crippen LogP contribution >= 0.6 is 11.3 Å². The van der Waals surface area contributed by atoms with Crippen molar-refractivity contribution in [2.75, 3.05) is 0 Å². The molecule has 0 bridgehead atoms. The SMILES string of the molecule is NC1=Nc2ccccc2C(O)c2sccc21. The maximum Gasteiger partial charge on any atom is 0.132 e. The van der Waals surface area contributed by atoms with E-state index in [-0.39, 0.29) is 0 Å². The summed E-state index contributed by atoms with van der Waals surface area (Å²) in [4.78, 5) is 5.21. The standard InChI is InChI=1S/C12H10N2OS/c13-12-8-5-6-16-11(8)10(15)7-3-1-2-4-9(7)14-12/h1-6,10,15H,(H2,13,14). The maximum absolute atomic E-state index is 10.3. The molecule has 4 heteroatoms. The summed E-state index contributed by atoms with van der Waals surface area (Å²) in [6.07, 6.45) is -0.629. The van der Waals surface area contributed by atoms with Gasteiger partial charge in [0.1, 0.15) is 11.9 Å². The van der Waals surface area contributed by atoms with Crippen molar-refractivity contribution in [3.8, 4) is 0 Å². The normalized spacial score (nSPS) is 18.3. The van der Waals surface area contributed by atoms with Crippen LogP contribution in [0.15, 0.2) is 40.7 Å². The van der Waals surface area contributed by atoms with Crippen molar-refractivity contribution in [3.05, 3.63) is 51.7 Å². The number of fused-ring (bicyclic) bond motifs is 2. The molecular weight excluding hydrogens is 220 g/mol. The summed E-state index contributed by atoms with van der Waals surface area (Å²) in [6, 6.07) is 9.43. The molecule has 16 heavy (non-hydrogen) atoms. The summed E-state index contributed by atoms with van der Waals surface area (Å²) < 4.78 is 0. The number of hydrogen-bond acceptors (Lipinski definition) is 4. The van der Waals surface area contributed by atoms with E-state index >= 15 is 0 Å². The highest BCUT2D eigenvalue weighted by Gasteiger charge is 2.23. The second-order valence-electron chi connectivity index (χ2n) is 3.66. The molecule has 1 atom stereocenters. The maximum atomic E-state index is 10.3. The van der Waals surface area contributed by atoms with E-state index in [1.54, 1.807) is 0 Å². The molecule has 2 heterocycles. The molecule has 1 aliphatic heterocycles. The number of nitrogens with two attached hydrogens (primary N) is 1. The average molecular weight is 230 g/mol. The van der Waals surface area contributed by atoms with Crippen LogP contribution in [-0.2, 0) is 0 Å². The summed E-state index contributed by atoms with van der Waals surface area (Å²) in [7, 11) is 0. The highest BCUT2D eigenvalue weighted by molar-refractivity contribution is 7.10. The molecule has 1 aromatic carbocycles. The molecule has 3 nitrogen and oxygen atoms in total. The zero-order chi connectivity index (χ0) is 11.1. The molecule has 1 aliphatic rings. The van der Waals surface area contributed by atoms with E-state index in [9.17, 15) is 5.11 Å². The van der Waals surface area contributed by atoms with Gasteiger partial charge in [0, 0.05) is 16.0 Å². The lowest BCUT2D eigenvalue weighted by Gasteiger charge is -2.09. The second kappa shape index (κ2) is 3.43. The monoisotopic (exact) mass is 230 g/mol. The quantitative estimate of drug-likeness (QED) is 0.728. The molecule has 3 N–H and O–H groups in total. The molecule has 2 aromatic rings. The third kappa shape index (κ3) is 1.27. The number of rotatable bonds is 0. The summed E-state index contributed by atoms with van der Waals surface area (Å²) in [6.45, 7) is 0. The average Bonchev–Trinajstić information content (AvgIpc) is 2.74. The molecule has 0 amide bonds. The number of hydrogen-bond donors (Lipinski definition) is 2. The lowest BCUT2D eigenvalue weighted by molar-refractivity contribution is 0.225. The number of benzene rings is 1. The van der Waals surface area contributed by atoms with E-state index in [2.05, 4.69) is 4.99 Å². The molecule has 0 spiro atoms. The number of para-hydroxylation sites is 1. The Bertz CT molecular complexity index is 574. The van der Waals surface area contributed by atoms with Crippen molar-refractivity contribution in [2.24, 2.45) is 10.7 Å². The first-order valence-electron chi connectivity index (χ1n) is 4.96. The minimum absolute atomic E-state index is 0.472. The van der Waals surface area contributed by atoms with Crippen LogP contribution in [0.3, 0.4) is 0 Å². The van der Waals surface area contributed by atoms with Gasteiger partial charge in [-0.25, -0.2) is 4.99 Å². The molecular formula is C12H10N2OS. The Kier molecular flexibility index (Phi) is 2.05. The number of thiophene rings is 1. The molecule has 1 unspecified atom stereocenters. The Morgan fingerprint density at radius 2 is 2.06 bits per heavy atom. The van der Waals surface area contributed by atoms with E-state index < -0.39 is 6.10 Å². The molecule has 80 valence electrons. The fourth-order valence-electron chi connectivity index (χ4n) is 1.90. The summed E-state index contributed by atoms with van der Waals surface area (Å²) in [5.41, 5.74) is 8.31. The Hall–Kier alpha value is -1.65. The van der Waals surface area contributed by atoms with Crippen LogP contribution in [0, 0.1) is 0 Å². The smallest absolute Gasteiger partial charge is 0.132 e. The van der Waals surface area contributed by atoms with Gasteiger partial charge in [0.15, 0.2) is 0 Å². The van der Waals surface area contributed by atoms with Crippen LogP contribution in [0.1, 0.15) is 22.1 Å². The van der Waals surface area contributed by atoms with Crippen molar-refractivity contribution in [1.29, 1.82) is 0 Å². The predicted molar refractivity (Wildman–Crippen MR) is 65.2 cm³/mol. The van der Waals surface area contributed by atoms with E-state index in [0.29, 0.717) is 5.84 Å². The Morgan fingerprint density at radius 1 is 1.25 bits per heavy atom. The molecule has 0 saturated carbocycles. The first kappa shape index (κ1) is 9.57. The lowest BCUT2D eigenvalue weighted by atomic mass is 10.1. The largest absolute Gasteiger partial charge is 0.383 e. The highest BCUT2D eigenvalue weighted by Crippen LogP contribution is 2.37. The zero-order valence-electron chi connectivity index (χ0n) is 8.42. The topological polar surface area (TPSA) is 58.6 Å². The van der Waals surface area contributed by atoms with Crippen molar-refractivity contribution in [3.63, 3.8) is 0 Å². The predicted octanol–water partition coefficient (Wildman–Crippen LogP) is 2.18. The number of nitrogens with zero attached hydrogens (tertiary/aromatic N) is 1. The summed E-state index contributed by atoms with van der Waals surface area (Å²) in [5, 5.41) is 12.2. The van der Waals surface area contributed by atoms with Crippen LogP contribution in [0.4, 0.5) is 5.69 Å². The Morgan fingerprint density at radius 3 is 2.94 bits per heavy atom. The highest BCUT2D eigenvalue weighted by atomic mass is 32.1. The zero-order valence-corrected chi connectivity index (χ0v) is 9.24. The van der Waals surface area contributed by atoms with Gasteiger partial charge in [-0.15, -0.1) is 11.3 Å². The molecule has 0 fully saturated rings. The fraction of sp³-hybridized carbons (Fsp3) is 0.0833. The molecule has 0 aliphatic carbocycles. The number of aliphatic hydroxyl groups is 1. The summed E-state index contributed by atoms with van der Waals surface area (Å²) in [5.74, 6) is 0.472. The molecule has 3 rings (SSSR count). The van der Waals surface area contributed by atoms with Crippen molar-refractivity contribution in [1.82, 2.24) is 0 Å². The second-order valence-corrected chi connectivity index (χ2v) is 4.60. The van der Waals surface area contributed by atoms with E-state index in [1.807, 2.05) is 35.7 Å². The van der Waals surface area contributed by atoms with E-state index in [1.165, 1.54) is 11.3 Å². The first-order valence-corrected chi connectivity index (χ1v) is 5.84. The van der Waals surface area contributed by atoms with Crippen molar-refractivity contribution < 1.29 is 5.11 Å². The molecule has 0 radical (unpaired) electrons. The Balaban J connectivity index is 2.31. The lowest BCUT2D eigenvalue weighted by Crippen LogP contribution is -2.13. The van der Waals surface area contributed by atoms with Crippen LogP contribution in [-0.4, -0.2) is 10.9 Å². The first-order chi connectivity index (χ1) is 7.77. The van der Waals surface area contributed by atoms with Gasteiger partial charge in [0.05, 0.1) is 5.69 Å². The van der Waals surface area contributed by atoms with Gasteiger partial charge in [-0.3, -0.25) is 0 Å². The van der Waals surface area contributed by atoms with Gasteiger partial charge in [0.25, 0.3) is 0 Å². The van der Waals surface area contributed by atoms with Gasteiger partial charge >= 0.3 is 0 Å². The third-order valence-corrected chi connectivity index (χ3v) is 3.66. The van der Waals surface area contributed by atoms with Gasteiger partial charge in [-0.1, -0.05) is 18.2 Å². The van der Waals surface area contributed by atoms with E-state index in [4.69, 9.17) is 5.73 Å². The number of aliphatic hydroxyl groups excluding tert-OH is 1. The van der Waals surface area contributed by atoms with Crippen LogP contribution in [0.5, 0.6) is 0 Å². The third-order valence-electron chi connectivity index (χ3n) is 2.69. The van der Waals surface area contributed by atoms with Crippen LogP contribution in [0.2, 0.25) is 0 Å². The van der Waals surface area contributed by atoms with Gasteiger partial charge in [-0.05, 0) is 17.5 Å². The molecule has 0 saturated heterocycles. The minimum Gasteiger partial charge on any atom is -0.383 e. The summed E-state index contributed by atoms with van der Waals surface area (Å²) >= 11 is 1.50. The van der Waals surface area contributed by atoms with E-state index in [0.717, 1.165) is 21.7 Å². The van der Waals surface area contributed by atoms with Crippen LogP contribution < -0.4 is 5.73 Å². The van der Waals surface area contributed by atoms with Gasteiger partial charge in [-0.2, -0.15) is 0 Å².